The smallest absolute Gasteiger partial charge is 0.170 e. The molecule has 0 N–H and O–H groups in total. The van der Waals surface area contributed by atoms with Crippen LogP contribution >= 0.6 is 0 Å². The SMILES string of the molecule is CCC(C(=O)c1ccccc1)c1ccc(N2CCOCC2)cc1. The van der Waals surface area contributed by atoms with E-state index in [2.05, 4.69) is 36.1 Å². The second-order valence-electron chi connectivity index (χ2n) is 5.88. The van der Waals surface area contributed by atoms with E-state index >= 15 is 0 Å². The summed E-state index contributed by atoms with van der Waals surface area (Å²) in [6, 6.07) is 18.0. The fourth-order valence-corrected chi connectivity index (χ4v) is 3.12. The number of Topliss-reactive ketones (excluding diaryl/α,β-unsaturated/α-hetero) is 1. The third-order valence-corrected chi connectivity index (χ3v) is 4.45. The summed E-state index contributed by atoms with van der Waals surface area (Å²) in [4.78, 5) is 15.1. The first-order chi connectivity index (χ1) is 11.3. The van der Waals surface area contributed by atoms with Gasteiger partial charge >= 0.3 is 0 Å². The Morgan fingerprint density at radius 1 is 1.04 bits per heavy atom. The van der Waals surface area contributed by atoms with Crippen LogP contribution in [0.2, 0.25) is 0 Å². The van der Waals surface area contributed by atoms with E-state index in [9.17, 15) is 4.79 Å². The largest absolute Gasteiger partial charge is 0.378 e. The quantitative estimate of drug-likeness (QED) is 0.785. The van der Waals surface area contributed by atoms with E-state index in [-0.39, 0.29) is 11.7 Å². The van der Waals surface area contributed by atoms with Gasteiger partial charge in [0.2, 0.25) is 0 Å². The molecule has 2 aromatic rings. The number of anilines is 1. The summed E-state index contributed by atoms with van der Waals surface area (Å²) in [7, 11) is 0. The zero-order valence-electron chi connectivity index (χ0n) is 13.6. The molecule has 0 saturated carbocycles. The van der Waals surface area contributed by atoms with Crippen LogP contribution in [0.15, 0.2) is 54.6 Å². The van der Waals surface area contributed by atoms with Gasteiger partial charge in [-0.3, -0.25) is 4.79 Å². The lowest BCUT2D eigenvalue weighted by molar-refractivity contribution is 0.0957. The molecule has 1 fully saturated rings. The van der Waals surface area contributed by atoms with Crippen LogP contribution in [0.25, 0.3) is 0 Å². The number of morpholine rings is 1. The Bertz CT molecular complexity index is 630. The lowest BCUT2D eigenvalue weighted by Gasteiger charge is -2.29. The molecule has 1 aliphatic heterocycles. The molecule has 0 aromatic heterocycles. The van der Waals surface area contributed by atoms with Crippen molar-refractivity contribution in [3.8, 4) is 0 Å². The van der Waals surface area contributed by atoms with Gasteiger partial charge in [0.05, 0.1) is 13.2 Å². The minimum absolute atomic E-state index is 0.0730. The molecule has 0 amide bonds. The Labute approximate surface area is 137 Å². The third-order valence-electron chi connectivity index (χ3n) is 4.45. The number of nitrogens with zero attached hydrogens (tertiary/aromatic N) is 1. The van der Waals surface area contributed by atoms with Crippen molar-refractivity contribution in [2.75, 3.05) is 31.2 Å². The fourth-order valence-electron chi connectivity index (χ4n) is 3.12. The molecule has 0 radical (unpaired) electrons. The van der Waals surface area contributed by atoms with Gasteiger partial charge < -0.3 is 9.64 Å². The normalized spacial score (nSPS) is 16.1. The summed E-state index contributed by atoms with van der Waals surface area (Å²) in [6.45, 7) is 5.50. The van der Waals surface area contributed by atoms with Gasteiger partial charge in [0.25, 0.3) is 0 Å². The molecule has 1 aliphatic rings. The molecule has 3 heteroatoms. The Balaban J connectivity index is 1.77. The van der Waals surface area contributed by atoms with Crippen LogP contribution in [-0.2, 0) is 4.74 Å². The molecule has 1 saturated heterocycles. The Hall–Kier alpha value is -2.13. The molecule has 0 aliphatic carbocycles. The van der Waals surface area contributed by atoms with Crippen LogP contribution in [0.3, 0.4) is 0 Å². The molecule has 0 bridgehead atoms. The van der Waals surface area contributed by atoms with E-state index in [0.29, 0.717) is 0 Å². The van der Waals surface area contributed by atoms with Crippen LogP contribution in [0, 0.1) is 0 Å². The molecule has 3 nitrogen and oxygen atoms in total. The number of hydrogen-bond donors (Lipinski definition) is 0. The fraction of sp³-hybridized carbons (Fsp3) is 0.350. The van der Waals surface area contributed by atoms with Crippen molar-refractivity contribution >= 4 is 11.5 Å². The zero-order valence-corrected chi connectivity index (χ0v) is 13.6. The van der Waals surface area contributed by atoms with Crippen LogP contribution in [0.4, 0.5) is 5.69 Å². The first kappa shape index (κ1) is 15.8. The standard InChI is InChI=1S/C20H23NO2/c1-2-19(20(22)17-6-4-3-5-7-17)16-8-10-18(11-9-16)21-12-14-23-15-13-21/h3-11,19H,2,12-15H2,1H3. The molecule has 23 heavy (non-hydrogen) atoms. The van der Waals surface area contributed by atoms with Crippen LogP contribution in [0.5, 0.6) is 0 Å². The second kappa shape index (κ2) is 7.42. The highest BCUT2D eigenvalue weighted by Gasteiger charge is 2.20. The van der Waals surface area contributed by atoms with Crippen molar-refractivity contribution in [1.29, 1.82) is 0 Å². The van der Waals surface area contributed by atoms with Gasteiger partial charge in [0, 0.05) is 30.3 Å². The first-order valence-electron chi connectivity index (χ1n) is 8.31. The zero-order chi connectivity index (χ0) is 16.1. The molecule has 0 spiro atoms. The minimum atomic E-state index is -0.0730. The molecule has 1 unspecified atom stereocenters. The summed E-state index contributed by atoms with van der Waals surface area (Å²) in [5, 5.41) is 0. The van der Waals surface area contributed by atoms with Crippen molar-refractivity contribution in [3.05, 3.63) is 65.7 Å². The van der Waals surface area contributed by atoms with Crippen molar-refractivity contribution < 1.29 is 9.53 Å². The van der Waals surface area contributed by atoms with E-state index in [0.717, 1.165) is 43.9 Å². The van der Waals surface area contributed by atoms with E-state index < -0.39 is 0 Å². The maximum Gasteiger partial charge on any atom is 0.170 e. The lowest BCUT2D eigenvalue weighted by Crippen LogP contribution is -2.36. The van der Waals surface area contributed by atoms with Crippen molar-refractivity contribution in [1.82, 2.24) is 0 Å². The minimum Gasteiger partial charge on any atom is -0.378 e. The first-order valence-corrected chi connectivity index (χ1v) is 8.31. The highest BCUT2D eigenvalue weighted by Crippen LogP contribution is 2.26. The number of benzene rings is 2. The monoisotopic (exact) mass is 309 g/mol. The number of ether oxygens (including phenoxy) is 1. The van der Waals surface area contributed by atoms with Crippen molar-refractivity contribution in [2.45, 2.75) is 19.3 Å². The van der Waals surface area contributed by atoms with E-state index in [1.54, 1.807) is 0 Å². The maximum atomic E-state index is 12.7. The van der Waals surface area contributed by atoms with Crippen LogP contribution in [0.1, 0.15) is 35.2 Å². The molecule has 1 heterocycles. The maximum absolute atomic E-state index is 12.7. The van der Waals surface area contributed by atoms with Gasteiger partial charge in [-0.2, -0.15) is 0 Å². The molecule has 120 valence electrons. The molecule has 2 aromatic carbocycles. The summed E-state index contributed by atoms with van der Waals surface area (Å²) in [5.41, 5.74) is 3.09. The Morgan fingerprint density at radius 3 is 2.30 bits per heavy atom. The van der Waals surface area contributed by atoms with Gasteiger partial charge in [0.1, 0.15) is 0 Å². The van der Waals surface area contributed by atoms with Gasteiger partial charge in [-0.25, -0.2) is 0 Å². The molecular weight excluding hydrogens is 286 g/mol. The molecule has 3 rings (SSSR count). The number of carbonyl (C=O) groups excluding carboxylic acids is 1. The number of rotatable bonds is 5. The van der Waals surface area contributed by atoms with Gasteiger partial charge in [0.15, 0.2) is 5.78 Å². The van der Waals surface area contributed by atoms with Crippen molar-refractivity contribution in [3.63, 3.8) is 0 Å². The summed E-state index contributed by atoms with van der Waals surface area (Å²) >= 11 is 0. The van der Waals surface area contributed by atoms with E-state index in [1.165, 1.54) is 5.69 Å². The lowest BCUT2D eigenvalue weighted by atomic mass is 9.88. The predicted octanol–water partition coefficient (Wildman–Crippen LogP) is 3.90. The highest BCUT2D eigenvalue weighted by molar-refractivity contribution is 6.00. The van der Waals surface area contributed by atoms with Gasteiger partial charge in [-0.05, 0) is 24.1 Å². The number of hydrogen-bond acceptors (Lipinski definition) is 3. The topological polar surface area (TPSA) is 29.5 Å². The van der Waals surface area contributed by atoms with E-state index in [1.807, 2.05) is 30.3 Å². The average Bonchev–Trinajstić information content (AvgIpc) is 2.64. The number of ketones is 1. The second-order valence-corrected chi connectivity index (χ2v) is 5.88. The average molecular weight is 309 g/mol. The van der Waals surface area contributed by atoms with Crippen molar-refractivity contribution in [2.24, 2.45) is 0 Å². The van der Waals surface area contributed by atoms with Crippen LogP contribution < -0.4 is 4.90 Å². The Kier molecular flexibility index (Phi) is 5.09. The van der Waals surface area contributed by atoms with Gasteiger partial charge in [-0.1, -0.05) is 49.4 Å². The summed E-state index contributed by atoms with van der Waals surface area (Å²) in [6.07, 6.45) is 0.810. The Morgan fingerprint density at radius 2 is 1.70 bits per heavy atom. The van der Waals surface area contributed by atoms with Gasteiger partial charge in [-0.15, -0.1) is 0 Å². The van der Waals surface area contributed by atoms with E-state index in [4.69, 9.17) is 4.74 Å². The summed E-state index contributed by atoms with van der Waals surface area (Å²) < 4.78 is 5.39. The summed E-state index contributed by atoms with van der Waals surface area (Å²) in [5.74, 6) is 0.128. The molecular formula is C20H23NO2. The molecule has 1 atom stereocenters. The van der Waals surface area contributed by atoms with Crippen LogP contribution in [-0.4, -0.2) is 32.1 Å². The predicted molar refractivity (Wildman–Crippen MR) is 93.3 cm³/mol. The highest BCUT2D eigenvalue weighted by atomic mass is 16.5. The number of carbonyl (C=O) groups is 1. The third kappa shape index (κ3) is 3.62.